The van der Waals surface area contributed by atoms with E-state index < -0.39 is 0 Å². The van der Waals surface area contributed by atoms with Gasteiger partial charge in [-0.3, -0.25) is 0 Å². The molecule has 1 N–H and O–H groups in total. The second-order valence-corrected chi connectivity index (χ2v) is 6.29. The molecule has 0 amide bonds. The lowest BCUT2D eigenvalue weighted by molar-refractivity contribution is 0.326. The first-order valence-electron chi connectivity index (χ1n) is 7.69. The molecule has 2 aromatic rings. The minimum absolute atomic E-state index is 0.122. The predicted molar refractivity (Wildman–Crippen MR) is 89.3 cm³/mol. The van der Waals surface area contributed by atoms with Crippen LogP contribution in [0.5, 0.6) is 0 Å². The Balaban J connectivity index is 2.26. The van der Waals surface area contributed by atoms with Crippen LogP contribution < -0.4 is 5.32 Å². The van der Waals surface area contributed by atoms with Crippen LogP contribution >= 0.6 is 11.6 Å². The van der Waals surface area contributed by atoms with E-state index in [1.165, 1.54) is 0 Å². The van der Waals surface area contributed by atoms with E-state index >= 15 is 0 Å². The third-order valence-electron chi connectivity index (χ3n) is 4.41. The Hall–Kier alpha value is -1.29. The number of fused-ring (bicyclic) bond motifs is 1. The van der Waals surface area contributed by atoms with Gasteiger partial charge in [0.05, 0.1) is 5.69 Å². The first-order chi connectivity index (χ1) is 10.0. The fourth-order valence-corrected chi connectivity index (χ4v) is 2.84. The molecule has 0 saturated heterocycles. The van der Waals surface area contributed by atoms with E-state index in [2.05, 4.69) is 49.2 Å². The summed E-state index contributed by atoms with van der Waals surface area (Å²) in [4.78, 5) is 4.47. The Morgan fingerprint density at radius 1 is 1.33 bits per heavy atom. The molecule has 21 heavy (non-hydrogen) atoms. The van der Waals surface area contributed by atoms with E-state index in [1.54, 1.807) is 6.20 Å². The molecule has 2 heterocycles. The maximum Gasteiger partial charge on any atom is 0.152 e. The monoisotopic (exact) mass is 308 g/mol. The SMILES string of the molecule is CCC(CC)(CCl)CNc1nccn2nc(C(C)C)cc12. The van der Waals surface area contributed by atoms with Crippen molar-refractivity contribution in [3.8, 4) is 0 Å². The average Bonchev–Trinajstić information content (AvgIpc) is 2.94. The molecule has 0 aliphatic carbocycles. The van der Waals surface area contributed by atoms with Crippen LogP contribution in [0.1, 0.15) is 52.1 Å². The number of nitrogens with one attached hydrogen (secondary N) is 1. The van der Waals surface area contributed by atoms with E-state index in [-0.39, 0.29) is 5.41 Å². The van der Waals surface area contributed by atoms with Gasteiger partial charge >= 0.3 is 0 Å². The Labute approximate surface area is 131 Å². The summed E-state index contributed by atoms with van der Waals surface area (Å²) in [5.74, 6) is 1.95. The van der Waals surface area contributed by atoms with Gasteiger partial charge in [0.1, 0.15) is 5.52 Å². The average molecular weight is 309 g/mol. The first kappa shape index (κ1) is 16.1. The van der Waals surface area contributed by atoms with E-state index in [0.29, 0.717) is 11.8 Å². The summed E-state index contributed by atoms with van der Waals surface area (Å²) in [5.41, 5.74) is 2.23. The van der Waals surface area contributed by atoms with Crippen LogP contribution in [0.3, 0.4) is 0 Å². The minimum atomic E-state index is 0.122. The van der Waals surface area contributed by atoms with E-state index in [0.717, 1.165) is 36.4 Å². The molecule has 5 heteroatoms. The Morgan fingerprint density at radius 3 is 2.62 bits per heavy atom. The van der Waals surface area contributed by atoms with Crippen molar-refractivity contribution < 1.29 is 0 Å². The summed E-state index contributed by atoms with van der Waals surface area (Å²) in [5, 5.41) is 8.07. The number of hydrogen-bond acceptors (Lipinski definition) is 3. The van der Waals surface area contributed by atoms with Gasteiger partial charge in [0.2, 0.25) is 0 Å². The van der Waals surface area contributed by atoms with Gasteiger partial charge in [-0.1, -0.05) is 27.7 Å². The van der Waals surface area contributed by atoms with Crippen molar-refractivity contribution in [2.24, 2.45) is 5.41 Å². The Bertz CT molecular complexity index is 579. The lowest BCUT2D eigenvalue weighted by atomic mass is 9.84. The quantitative estimate of drug-likeness (QED) is 0.775. The maximum atomic E-state index is 6.18. The van der Waals surface area contributed by atoms with Gasteiger partial charge in [0.25, 0.3) is 0 Å². The molecular weight excluding hydrogens is 284 g/mol. The van der Waals surface area contributed by atoms with E-state index in [1.807, 2.05) is 10.7 Å². The van der Waals surface area contributed by atoms with Crippen molar-refractivity contribution in [3.63, 3.8) is 0 Å². The molecule has 4 nitrogen and oxygen atoms in total. The molecule has 0 aromatic carbocycles. The topological polar surface area (TPSA) is 42.2 Å². The molecule has 0 bridgehead atoms. The highest BCUT2D eigenvalue weighted by molar-refractivity contribution is 6.18. The predicted octanol–water partition coefficient (Wildman–Crippen LogP) is 4.31. The molecule has 0 radical (unpaired) electrons. The van der Waals surface area contributed by atoms with Crippen LogP contribution in [0.2, 0.25) is 0 Å². The highest BCUT2D eigenvalue weighted by Gasteiger charge is 2.25. The fourth-order valence-electron chi connectivity index (χ4n) is 2.37. The number of aromatic nitrogens is 3. The summed E-state index contributed by atoms with van der Waals surface area (Å²) in [6.07, 6.45) is 5.78. The lowest BCUT2D eigenvalue weighted by Crippen LogP contribution is -2.30. The summed E-state index contributed by atoms with van der Waals surface area (Å²) in [6, 6.07) is 2.11. The van der Waals surface area contributed by atoms with Crippen molar-refractivity contribution in [1.82, 2.24) is 14.6 Å². The summed E-state index contributed by atoms with van der Waals surface area (Å²) in [6.45, 7) is 9.51. The standard InChI is InChI=1S/C16H25ClN4/c1-5-16(6-2,10-17)11-19-15-14-9-13(12(3)4)20-21(14)8-7-18-15/h7-9,12H,5-6,10-11H2,1-4H3,(H,18,19). The highest BCUT2D eigenvalue weighted by atomic mass is 35.5. The van der Waals surface area contributed by atoms with Gasteiger partial charge in [-0.25, -0.2) is 9.50 Å². The zero-order chi connectivity index (χ0) is 15.5. The number of rotatable bonds is 7. The largest absolute Gasteiger partial charge is 0.368 e. The summed E-state index contributed by atoms with van der Waals surface area (Å²) >= 11 is 6.18. The number of nitrogens with zero attached hydrogens (tertiary/aromatic N) is 3. The fraction of sp³-hybridized carbons (Fsp3) is 0.625. The number of hydrogen-bond donors (Lipinski definition) is 1. The highest BCUT2D eigenvalue weighted by Crippen LogP contribution is 2.29. The minimum Gasteiger partial charge on any atom is -0.368 e. The van der Waals surface area contributed by atoms with Crippen molar-refractivity contribution in [1.29, 1.82) is 0 Å². The Morgan fingerprint density at radius 2 is 2.05 bits per heavy atom. The second-order valence-electron chi connectivity index (χ2n) is 6.02. The van der Waals surface area contributed by atoms with Crippen LogP contribution in [0, 0.1) is 5.41 Å². The molecule has 2 aromatic heterocycles. The number of alkyl halides is 1. The molecule has 0 saturated carbocycles. The molecule has 2 rings (SSSR count). The third-order valence-corrected chi connectivity index (χ3v) is 4.98. The first-order valence-corrected chi connectivity index (χ1v) is 8.23. The van der Waals surface area contributed by atoms with Crippen LogP contribution in [0.15, 0.2) is 18.5 Å². The molecule has 0 atom stereocenters. The van der Waals surface area contributed by atoms with Crippen molar-refractivity contribution in [2.75, 3.05) is 17.7 Å². The van der Waals surface area contributed by atoms with Crippen LogP contribution in [0.4, 0.5) is 5.82 Å². The molecule has 0 unspecified atom stereocenters. The molecule has 116 valence electrons. The van der Waals surface area contributed by atoms with Crippen molar-refractivity contribution in [3.05, 3.63) is 24.2 Å². The van der Waals surface area contributed by atoms with Gasteiger partial charge in [0, 0.05) is 30.2 Å². The van der Waals surface area contributed by atoms with E-state index in [4.69, 9.17) is 11.6 Å². The van der Waals surface area contributed by atoms with Gasteiger partial charge in [0.15, 0.2) is 5.82 Å². The van der Waals surface area contributed by atoms with Crippen LogP contribution in [-0.2, 0) is 0 Å². The van der Waals surface area contributed by atoms with E-state index in [9.17, 15) is 0 Å². The number of anilines is 1. The third kappa shape index (κ3) is 3.31. The van der Waals surface area contributed by atoms with Gasteiger partial charge < -0.3 is 5.32 Å². The van der Waals surface area contributed by atoms with Gasteiger partial charge in [-0.15, -0.1) is 11.6 Å². The molecule has 0 aliphatic heterocycles. The Kier molecular flexibility index (Phi) is 5.09. The van der Waals surface area contributed by atoms with Crippen molar-refractivity contribution >= 4 is 22.9 Å². The molecule has 0 spiro atoms. The lowest BCUT2D eigenvalue weighted by Gasteiger charge is -2.29. The molecular formula is C16H25ClN4. The smallest absolute Gasteiger partial charge is 0.152 e. The maximum absolute atomic E-state index is 6.18. The number of halogens is 1. The van der Waals surface area contributed by atoms with Crippen LogP contribution in [0.25, 0.3) is 5.52 Å². The molecule has 0 fully saturated rings. The zero-order valence-corrected chi connectivity index (χ0v) is 14.1. The van der Waals surface area contributed by atoms with Crippen molar-refractivity contribution in [2.45, 2.75) is 46.5 Å². The van der Waals surface area contributed by atoms with Gasteiger partial charge in [-0.2, -0.15) is 5.10 Å². The van der Waals surface area contributed by atoms with Gasteiger partial charge in [-0.05, 0) is 24.8 Å². The normalized spacial score (nSPS) is 12.3. The summed E-state index contributed by atoms with van der Waals surface area (Å²) < 4.78 is 1.89. The second kappa shape index (κ2) is 6.65. The molecule has 0 aliphatic rings. The zero-order valence-electron chi connectivity index (χ0n) is 13.4. The summed E-state index contributed by atoms with van der Waals surface area (Å²) in [7, 11) is 0. The van der Waals surface area contributed by atoms with Crippen LogP contribution in [-0.4, -0.2) is 27.0 Å².